The van der Waals surface area contributed by atoms with E-state index >= 15 is 0 Å². The lowest BCUT2D eigenvalue weighted by molar-refractivity contribution is -0.115. The van der Waals surface area contributed by atoms with Crippen LogP contribution in [0.2, 0.25) is 5.02 Å². The molecule has 0 saturated carbocycles. The first-order chi connectivity index (χ1) is 17.9. The molecule has 0 aliphatic carbocycles. The Bertz CT molecular complexity index is 1410. The summed E-state index contributed by atoms with van der Waals surface area (Å²) in [5.41, 5.74) is 3.48. The van der Waals surface area contributed by atoms with Gasteiger partial charge in [0.25, 0.3) is 0 Å². The Kier molecular flexibility index (Phi) is 8.99. The maximum absolute atomic E-state index is 13.9. The Morgan fingerprint density at radius 1 is 0.919 bits per heavy atom. The quantitative estimate of drug-likeness (QED) is 0.167. The summed E-state index contributed by atoms with van der Waals surface area (Å²) in [5, 5.41) is 3.51. The van der Waals surface area contributed by atoms with Crippen LogP contribution in [0, 0.1) is 5.82 Å². The van der Waals surface area contributed by atoms with Gasteiger partial charge in [-0.15, -0.1) is 11.8 Å². The molecular weight excluding hydrogens is 509 g/mol. The maximum Gasteiger partial charge on any atom is 0.228 e. The van der Waals surface area contributed by atoms with E-state index in [2.05, 4.69) is 17.4 Å². The predicted molar refractivity (Wildman–Crippen MR) is 147 cm³/mol. The van der Waals surface area contributed by atoms with Crippen molar-refractivity contribution in [2.45, 2.75) is 30.6 Å². The van der Waals surface area contributed by atoms with Crippen LogP contribution >= 0.6 is 23.4 Å². The highest BCUT2D eigenvalue weighted by Gasteiger charge is 2.12. The third-order valence-corrected chi connectivity index (χ3v) is 7.15. The highest BCUT2D eigenvalue weighted by molar-refractivity contribution is 7.98. The van der Waals surface area contributed by atoms with E-state index in [1.54, 1.807) is 17.8 Å². The summed E-state index contributed by atoms with van der Waals surface area (Å²) in [5.74, 6) is 0.0345. The molecule has 0 unspecified atom stereocenters. The summed E-state index contributed by atoms with van der Waals surface area (Å²) in [6, 6.07) is 27.1. The van der Waals surface area contributed by atoms with Crippen molar-refractivity contribution in [1.82, 2.24) is 0 Å². The number of Topliss-reactive ketones (excluding diaryl/α,β-unsaturated/α-hetero) is 1. The number of carbonyl (C=O) groups excluding carboxylic acids is 2. The first-order valence-corrected chi connectivity index (χ1v) is 13.0. The molecule has 0 aliphatic rings. The molecular formula is C30H25ClFNO3S. The van der Waals surface area contributed by atoms with Crippen LogP contribution in [-0.2, 0) is 23.6 Å². The molecule has 1 amide bonds. The second-order valence-corrected chi connectivity index (χ2v) is 9.82. The Hall–Kier alpha value is -3.61. The molecule has 4 aromatic rings. The Balaban J connectivity index is 1.51. The first kappa shape index (κ1) is 26.5. The minimum Gasteiger partial charge on any atom is -0.489 e. The van der Waals surface area contributed by atoms with Gasteiger partial charge >= 0.3 is 0 Å². The lowest BCUT2D eigenvalue weighted by Gasteiger charge is -2.14. The minimum atomic E-state index is -0.573. The van der Waals surface area contributed by atoms with Gasteiger partial charge in [0, 0.05) is 26.9 Å². The van der Waals surface area contributed by atoms with Crippen molar-refractivity contribution < 1.29 is 18.7 Å². The summed E-state index contributed by atoms with van der Waals surface area (Å²) in [4.78, 5) is 25.3. The van der Waals surface area contributed by atoms with Crippen LogP contribution in [0.1, 0.15) is 34.0 Å². The fraction of sp³-hybridized carbons (Fsp3) is 0.133. The third kappa shape index (κ3) is 7.44. The van der Waals surface area contributed by atoms with Gasteiger partial charge in [0.05, 0.1) is 12.0 Å². The van der Waals surface area contributed by atoms with Crippen LogP contribution in [0.4, 0.5) is 10.1 Å². The molecule has 4 aromatic carbocycles. The van der Waals surface area contributed by atoms with Crippen molar-refractivity contribution in [2.75, 3.05) is 5.32 Å². The van der Waals surface area contributed by atoms with Crippen molar-refractivity contribution in [3.63, 3.8) is 0 Å². The first-order valence-electron chi connectivity index (χ1n) is 11.7. The minimum absolute atomic E-state index is 0.00671. The van der Waals surface area contributed by atoms with E-state index in [9.17, 15) is 14.0 Å². The van der Waals surface area contributed by atoms with E-state index in [1.165, 1.54) is 25.1 Å². The second-order valence-electron chi connectivity index (χ2n) is 8.40. The van der Waals surface area contributed by atoms with Gasteiger partial charge in [-0.25, -0.2) is 4.39 Å². The van der Waals surface area contributed by atoms with Gasteiger partial charge in [-0.2, -0.15) is 0 Å². The molecule has 37 heavy (non-hydrogen) atoms. The van der Waals surface area contributed by atoms with Gasteiger partial charge < -0.3 is 10.1 Å². The molecule has 0 fully saturated rings. The highest BCUT2D eigenvalue weighted by Crippen LogP contribution is 2.31. The molecule has 1 N–H and O–H groups in total. The number of benzene rings is 4. The van der Waals surface area contributed by atoms with Gasteiger partial charge in [0.15, 0.2) is 5.78 Å². The number of hydrogen-bond acceptors (Lipinski definition) is 4. The fourth-order valence-electron chi connectivity index (χ4n) is 3.67. The standard InChI is InChI=1S/C30H25ClFNO3S/c1-20(34)26-17-25(13-14-28(26)32)36-18-23-11-12-24(16-29(23)37-19-21-7-3-2-4-8-21)33-30(35)15-22-9-5-6-10-27(22)31/h2-14,16-17H,15,18-19H2,1H3,(H,33,35). The summed E-state index contributed by atoms with van der Waals surface area (Å²) in [6.45, 7) is 1.53. The van der Waals surface area contributed by atoms with Crippen LogP contribution in [0.15, 0.2) is 95.9 Å². The molecule has 0 atom stereocenters. The molecule has 0 spiro atoms. The van der Waals surface area contributed by atoms with Gasteiger partial charge in [-0.3, -0.25) is 9.59 Å². The summed E-state index contributed by atoms with van der Waals surface area (Å²) in [6.07, 6.45) is 0.167. The van der Waals surface area contributed by atoms with Crippen LogP contribution in [0.25, 0.3) is 0 Å². The van der Waals surface area contributed by atoms with Gasteiger partial charge in [-0.1, -0.05) is 66.2 Å². The zero-order valence-corrected chi connectivity index (χ0v) is 21.7. The number of ketones is 1. The summed E-state index contributed by atoms with van der Waals surface area (Å²) in [7, 11) is 0. The van der Waals surface area contributed by atoms with E-state index in [1.807, 2.05) is 54.6 Å². The van der Waals surface area contributed by atoms with E-state index in [4.69, 9.17) is 16.3 Å². The molecule has 4 rings (SSSR count). The normalized spacial score (nSPS) is 10.7. The zero-order chi connectivity index (χ0) is 26.2. The molecule has 0 aromatic heterocycles. The molecule has 0 radical (unpaired) electrons. The molecule has 4 nitrogen and oxygen atoms in total. The molecule has 188 valence electrons. The van der Waals surface area contributed by atoms with Gasteiger partial charge in [0.1, 0.15) is 18.2 Å². The van der Waals surface area contributed by atoms with Crippen molar-refractivity contribution in [1.29, 1.82) is 0 Å². The molecule has 0 saturated heterocycles. The number of rotatable bonds is 10. The number of amides is 1. The molecule has 0 aliphatic heterocycles. The maximum atomic E-state index is 13.9. The third-order valence-electron chi connectivity index (χ3n) is 5.61. The number of halogens is 2. The number of nitrogens with one attached hydrogen (secondary N) is 1. The van der Waals surface area contributed by atoms with Crippen molar-refractivity contribution in [3.05, 3.63) is 124 Å². The van der Waals surface area contributed by atoms with Gasteiger partial charge in [0.2, 0.25) is 5.91 Å². The Morgan fingerprint density at radius 2 is 1.68 bits per heavy atom. The topological polar surface area (TPSA) is 55.4 Å². The lowest BCUT2D eigenvalue weighted by atomic mass is 10.1. The van der Waals surface area contributed by atoms with Crippen LogP contribution < -0.4 is 10.1 Å². The summed E-state index contributed by atoms with van der Waals surface area (Å²) >= 11 is 7.83. The van der Waals surface area contributed by atoms with Crippen LogP contribution in [0.5, 0.6) is 5.75 Å². The highest BCUT2D eigenvalue weighted by atomic mass is 35.5. The smallest absolute Gasteiger partial charge is 0.228 e. The van der Waals surface area contributed by atoms with Crippen LogP contribution in [-0.4, -0.2) is 11.7 Å². The van der Waals surface area contributed by atoms with Gasteiger partial charge in [-0.05, 0) is 54.4 Å². The average Bonchev–Trinajstić information content (AvgIpc) is 2.89. The molecule has 0 heterocycles. The Morgan fingerprint density at radius 3 is 2.43 bits per heavy atom. The van der Waals surface area contributed by atoms with Crippen molar-refractivity contribution in [2.24, 2.45) is 0 Å². The van der Waals surface area contributed by atoms with E-state index < -0.39 is 5.82 Å². The molecule has 7 heteroatoms. The number of anilines is 1. The van der Waals surface area contributed by atoms with E-state index in [-0.39, 0.29) is 30.3 Å². The van der Waals surface area contributed by atoms with Crippen LogP contribution in [0.3, 0.4) is 0 Å². The monoisotopic (exact) mass is 533 g/mol. The largest absolute Gasteiger partial charge is 0.489 e. The number of ether oxygens (including phenoxy) is 1. The number of thioether (sulfide) groups is 1. The van der Waals surface area contributed by atoms with Crippen molar-refractivity contribution in [3.8, 4) is 5.75 Å². The van der Waals surface area contributed by atoms with E-state index in [0.29, 0.717) is 16.5 Å². The van der Waals surface area contributed by atoms with Crippen molar-refractivity contribution >= 4 is 40.7 Å². The SMILES string of the molecule is CC(=O)c1cc(OCc2ccc(NC(=O)Cc3ccccc3Cl)cc2SCc2ccccc2)ccc1F. The predicted octanol–water partition coefficient (Wildman–Crippen LogP) is 7.73. The molecule has 0 bridgehead atoms. The summed E-state index contributed by atoms with van der Waals surface area (Å²) < 4.78 is 19.8. The number of carbonyl (C=O) groups is 2. The average molecular weight is 534 g/mol. The van der Waals surface area contributed by atoms with E-state index in [0.717, 1.165) is 27.3 Å². The Labute approximate surface area is 224 Å². The number of hydrogen-bond donors (Lipinski definition) is 1. The lowest BCUT2D eigenvalue weighted by Crippen LogP contribution is -2.14. The second kappa shape index (κ2) is 12.6. The fourth-order valence-corrected chi connectivity index (χ4v) is 4.91. The zero-order valence-electron chi connectivity index (χ0n) is 20.2.